The van der Waals surface area contributed by atoms with Crippen molar-refractivity contribution in [2.24, 2.45) is 0 Å². The third-order valence-electron chi connectivity index (χ3n) is 1.75. The minimum Gasteiger partial charge on any atom is -0.396 e. The van der Waals surface area contributed by atoms with Crippen molar-refractivity contribution in [2.45, 2.75) is 19.9 Å². The predicted molar refractivity (Wildman–Crippen MR) is 47.8 cm³/mol. The summed E-state index contributed by atoms with van der Waals surface area (Å²) in [5.74, 6) is 0. The van der Waals surface area contributed by atoms with Crippen molar-refractivity contribution in [1.82, 2.24) is 9.55 Å². The van der Waals surface area contributed by atoms with E-state index in [1.807, 2.05) is 0 Å². The molecule has 0 fully saturated rings. The minimum atomic E-state index is -0.427. The molecule has 0 atom stereocenters. The van der Waals surface area contributed by atoms with Crippen LogP contribution in [0.25, 0.3) is 0 Å². The van der Waals surface area contributed by atoms with Gasteiger partial charge in [-0.1, -0.05) is 0 Å². The highest BCUT2D eigenvalue weighted by atomic mass is 16.3. The Hall–Kier alpha value is -1.36. The first-order valence-corrected chi connectivity index (χ1v) is 4.06. The fraction of sp³-hybridized carbons (Fsp3) is 0.500. The molecule has 0 bridgehead atoms. The van der Waals surface area contributed by atoms with E-state index in [-0.39, 0.29) is 12.2 Å². The van der Waals surface area contributed by atoms with Crippen LogP contribution in [0.5, 0.6) is 0 Å². The molecule has 0 unspecified atom stereocenters. The second-order valence-electron chi connectivity index (χ2n) is 2.84. The smallest absolute Gasteiger partial charge is 0.328 e. The molecule has 0 aliphatic carbocycles. The average molecular weight is 184 g/mol. The number of aliphatic hydroxyl groups excluding tert-OH is 1. The second kappa shape index (κ2) is 4.04. The van der Waals surface area contributed by atoms with Crippen LogP contribution in [0.4, 0.5) is 0 Å². The lowest BCUT2D eigenvalue weighted by atomic mass is 10.3. The summed E-state index contributed by atoms with van der Waals surface area (Å²) in [5.41, 5.74) is -0.285. The molecule has 1 aromatic heterocycles. The van der Waals surface area contributed by atoms with Crippen molar-refractivity contribution >= 4 is 0 Å². The maximum absolute atomic E-state index is 11.1. The molecule has 0 saturated carbocycles. The van der Waals surface area contributed by atoms with Crippen LogP contribution in [0.15, 0.2) is 15.8 Å². The second-order valence-corrected chi connectivity index (χ2v) is 2.84. The Morgan fingerprint density at radius 2 is 2.23 bits per heavy atom. The third-order valence-corrected chi connectivity index (χ3v) is 1.75. The van der Waals surface area contributed by atoms with E-state index in [0.29, 0.717) is 18.5 Å². The van der Waals surface area contributed by atoms with Crippen molar-refractivity contribution in [1.29, 1.82) is 0 Å². The normalized spacial score (nSPS) is 10.3. The number of hydrogen-bond donors (Lipinski definition) is 2. The van der Waals surface area contributed by atoms with Gasteiger partial charge in [0.2, 0.25) is 0 Å². The van der Waals surface area contributed by atoms with Gasteiger partial charge >= 0.3 is 5.69 Å². The Morgan fingerprint density at radius 1 is 1.54 bits per heavy atom. The van der Waals surface area contributed by atoms with E-state index in [4.69, 9.17) is 5.11 Å². The number of aliphatic hydroxyl groups is 1. The molecule has 2 N–H and O–H groups in total. The third kappa shape index (κ3) is 2.29. The van der Waals surface area contributed by atoms with E-state index in [9.17, 15) is 9.59 Å². The summed E-state index contributed by atoms with van der Waals surface area (Å²) in [4.78, 5) is 24.3. The van der Waals surface area contributed by atoms with Gasteiger partial charge in [0.05, 0.1) is 0 Å². The zero-order valence-electron chi connectivity index (χ0n) is 7.41. The summed E-state index contributed by atoms with van der Waals surface area (Å²) in [7, 11) is 0. The lowest BCUT2D eigenvalue weighted by Gasteiger charge is -2.03. The van der Waals surface area contributed by atoms with Crippen molar-refractivity contribution < 1.29 is 5.11 Å². The van der Waals surface area contributed by atoms with Gasteiger partial charge in [-0.2, -0.15) is 0 Å². The SMILES string of the molecule is Cc1cn(CCCO)c(=O)[nH]c1=O. The monoisotopic (exact) mass is 184 g/mol. The first-order valence-electron chi connectivity index (χ1n) is 4.06. The molecule has 0 amide bonds. The number of nitrogens with zero attached hydrogens (tertiary/aromatic N) is 1. The van der Waals surface area contributed by atoms with Gasteiger partial charge in [-0.05, 0) is 13.3 Å². The van der Waals surface area contributed by atoms with Crippen molar-refractivity contribution in [2.75, 3.05) is 6.61 Å². The van der Waals surface area contributed by atoms with Gasteiger partial charge in [0.1, 0.15) is 0 Å². The molecule has 5 heteroatoms. The van der Waals surface area contributed by atoms with Crippen LogP contribution in [0.2, 0.25) is 0 Å². The van der Waals surface area contributed by atoms with E-state index in [2.05, 4.69) is 4.98 Å². The fourth-order valence-electron chi connectivity index (χ4n) is 1.03. The molecule has 0 spiro atoms. The molecule has 1 aromatic rings. The number of hydrogen-bond acceptors (Lipinski definition) is 3. The summed E-state index contributed by atoms with van der Waals surface area (Å²) in [6.07, 6.45) is 2.00. The summed E-state index contributed by atoms with van der Waals surface area (Å²) in [6, 6.07) is 0. The van der Waals surface area contributed by atoms with Crippen LogP contribution in [-0.2, 0) is 6.54 Å². The lowest BCUT2D eigenvalue weighted by molar-refractivity contribution is 0.278. The first kappa shape index (κ1) is 9.73. The number of rotatable bonds is 3. The minimum absolute atomic E-state index is 0.0324. The van der Waals surface area contributed by atoms with E-state index in [1.54, 1.807) is 6.92 Å². The Morgan fingerprint density at radius 3 is 2.85 bits per heavy atom. The highest BCUT2D eigenvalue weighted by Gasteiger charge is 1.99. The average Bonchev–Trinajstić information content (AvgIpc) is 2.09. The Balaban J connectivity index is 3.02. The van der Waals surface area contributed by atoms with Gasteiger partial charge in [-0.25, -0.2) is 4.79 Å². The van der Waals surface area contributed by atoms with E-state index >= 15 is 0 Å². The topological polar surface area (TPSA) is 75.1 Å². The summed E-state index contributed by atoms with van der Waals surface area (Å²) in [5, 5.41) is 8.56. The maximum atomic E-state index is 11.1. The predicted octanol–water partition coefficient (Wildman–Crippen LogP) is -0.773. The number of aromatic nitrogens is 2. The summed E-state index contributed by atoms with van der Waals surface area (Å²) >= 11 is 0. The van der Waals surface area contributed by atoms with Crippen molar-refractivity contribution in [3.8, 4) is 0 Å². The van der Waals surface area contributed by atoms with Crippen LogP contribution >= 0.6 is 0 Å². The lowest BCUT2D eigenvalue weighted by Crippen LogP contribution is -2.30. The molecule has 0 radical (unpaired) electrons. The number of aromatic amines is 1. The van der Waals surface area contributed by atoms with Gasteiger partial charge in [0.25, 0.3) is 5.56 Å². The molecule has 0 aromatic carbocycles. The number of nitrogens with one attached hydrogen (secondary N) is 1. The molecule has 13 heavy (non-hydrogen) atoms. The quantitative estimate of drug-likeness (QED) is 0.647. The van der Waals surface area contributed by atoms with Crippen LogP contribution in [0.1, 0.15) is 12.0 Å². The molecular weight excluding hydrogens is 172 g/mol. The van der Waals surface area contributed by atoms with Gasteiger partial charge in [0.15, 0.2) is 0 Å². The van der Waals surface area contributed by atoms with Crippen LogP contribution < -0.4 is 11.2 Å². The highest BCUT2D eigenvalue weighted by Crippen LogP contribution is 1.86. The van der Waals surface area contributed by atoms with Gasteiger partial charge in [-0.3, -0.25) is 9.78 Å². The summed E-state index contributed by atoms with van der Waals surface area (Å²) < 4.78 is 1.38. The molecule has 0 aliphatic heterocycles. The Bertz CT molecular complexity index is 391. The van der Waals surface area contributed by atoms with Crippen LogP contribution in [0, 0.1) is 6.92 Å². The molecule has 0 saturated heterocycles. The fourth-order valence-corrected chi connectivity index (χ4v) is 1.03. The van der Waals surface area contributed by atoms with Gasteiger partial charge < -0.3 is 9.67 Å². The first-order chi connectivity index (χ1) is 6.15. The number of H-pyrrole nitrogens is 1. The molecule has 72 valence electrons. The maximum Gasteiger partial charge on any atom is 0.328 e. The largest absolute Gasteiger partial charge is 0.396 e. The molecule has 1 rings (SSSR count). The summed E-state index contributed by atoms with van der Waals surface area (Å²) in [6.45, 7) is 2.09. The van der Waals surface area contributed by atoms with Crippen molar-refractivity contribution in [3.63, 3.8) is 0 Å². The zero-order valence-corrected chi connectivity index (χ0v) is 7.41. The standard InChI is InChI=1S/C8H12N2O3/c1-6-5-10(3-2-4-11)8(13)9-7(6)12/h5,11H,2-4H2,1H3,(H,9,12,13). The Labute approximate surface area is 74.7 Å². The van der Waals surface area contributed by atoms with Gasteiger partial charge in [-0.15, -0.1) is 0 Å². The zero-order chi connectivity index (χ0) is 9.84. The van der Waals surface area contributed by atoms with Crippen LogP contribution in [-0.4, -0.2) is 21.3 Å². The van der Waals surface area contributed by atoms with Gasteiger partial charge in [0, 0.05) is 24.9 Å². The number of aryl methyl sites for hydroxylation is 2. The highest BCUT2D eigenvalue weighted by molar-refractivity contribution is 5.00. The van der Waals surface area contributed by atoms with E-state index < -0.39 is 5.69 Å². The van der Waals surface area contributed by atoms with E-state index in [0.717, 1.165) is 0 Å². The van der Waals surface area contributed by atoms with Crippen LogP contribution in [0.3, 0.4) is 0 Å². The molecule has 1 heterocycles. The molecular formula is C8H12N2O3. The van der Waals surface area contributed by atoms with Crippen molar-refractivity contribution in [3.05, 3.63) is 32.6 Å². The van der Waals surface area contributed by atoms with E-state index in [1.165, 1.54) is 10.8 Å². The molecule has 0 aliphatic rings. The Kier molecular flexibility index (Phi) is 3.02. The molecule has 5 nitrogen and oxygen atoms in total.